The average Bonchev–Trinajstić information content (AvgIpc) is 3.19. The van der Waals surface area contributed by atoms with Crippen LogP contribution in [-0.2, 0) is 15.7 Å². The molecule has 1 aromatic carbocycles. The van der Waals surface area contributed by atoms with E-state index in [1.807, 2.05) is 0 Å². The number of benzene rings is 1. The quantitative estimate of drug-likeness (QED) is 0.911. The topological polar surface area (TPSA) is 74.7 Å². The van der Waals surface area contributed by atoms with Gasteiger partial charge in [0, 0.05) is 0 Å². The highest BCUT2D eigenvalue weighted by Gasteiger charge is 2.53. The first kappa shape index (κ1) is 13.5. The lowest BCUT2D eigenvalue weighted by Gasteiger charge is -2.43. The van der Waals surface area contributed by atoms with Gasteiger partial charge >= 0.3 is 5.97 Å². The number of hydrogen-bond acceptors (Lipinski definition) is 3. The first-order chi connectivity index (χ1) is 9.33. The normalized spacial score (nSPS) is 22.2. The van der Waals surface area contributed by atoms with Crippen molar-refractivity contribution in [2.75, 3.05) is 13.1 Å². The Morgan fingerprint density at radius 2 is 1.80 bits per heavy atom. The SMILES string of the molecule is O=C(O)c1ccc(C2(F)CN(S(=O)(=O)C3CC3)C2)cc1. The molecule has 5 nitrogen and oxygen atoms in total. The van der Waals surface area contributed by atoms with E-state index in [1.165, 1.54) is 28.6 Å². The summed E-state index contributed by atoms with van der Waals surface area (Å²) in [6.45, 7) is -0.365. The molecule has 0 bridgehead atoms. The smallest absolute Gasteiger partial charge is 0.335 e. The molecule has 0 spiro atoms. The molecule has 0 amide bonds. The Labute approximate surface area is 116 Å². The lowest BCUT2D eigenvalue weighted by atomic mass is 9.89. The van der Waals surface area contributed by atoms with Crippen LogP contribution < -0.4 is 0 Å². The molecule has 1 aliphatic heterocycles. The van der Waals surface area contributed by atoms with Crippen LogP contribution in [0.4, 0.5) is 4.39 Å². The molecular weight excluding hydrogens is 285 g/mol. The van der Waals surface area contributed by atoms with Crippen LogP contribution in [0.1, 0.15) is 28.8 Å². The van der Waals surface area contributed by atoms with Gasteiger partial charge in [-0.25, -0.2) is 17.6 Å². The fraction of sp³-hybridized carbons (Fsp3) is 0.462. The second-order valence-electron chi connectivity index (χ2n) is 5.36. The molecule has 0 atom stereocenters. The van der Waals surface area contributed by atoms with Crippen molar-refractivity contribution in [2.45, 2.75) is 23.8 Å². The number of nitrogens with zero attached hydrogens (tertiary/aromatic N) is 1. The van der Waals surface area contributed by atoms with Gasteiger partial charge in [0.2, 0.25) is 10.0 Å². The van der Waals surface area contributed by atoms with Crippen molar-refractivity contribution in [1.29, 1.82) is 0 Å². The van der Waals surface area contributed by atoms with Gasteiger partial charge in [-0.1, -0.05) is 12.1 Å². The second kappa shape index (κ2) is 4.26. The van der Waals surface area contributed by atoms with Gasteiger partial charge in [-0.2, -0.15) is 4.31 Å². The van der Waals surface area contributed by atoms with Crippen LogP contribution in [0, 0.1) is 0 Å². The summed E-state index contributed by atoms with van der Waals surface area (Å²) in [6, 6.07) is 5.48. The Bertz CT molecular complexity index is 645. The Balaban J connectivity index is 1.74. The molecule has 7 heteroatoms. The Hall–Kier alpha value is -1.47. The van der Waals surface area contributed by atoms with Crippen LogP contribution in [0.25, 0.3) is 0 Å². The summed E-state index contributed by atoms with van der Waals surface area (Å²) in [4.78, 5) is 10.7. The van der Waals surface area contributed by atoms with Crippen LogP contribution in [0.2, 0.25) is 0 Å². The first-order valence-electron chi connectivity index (χ1n) is 6.35. The third-order valence-corrected chi connectivity index (χ3v) is 6.10. The molecule has 2 fully saturated rings. The van der Waals surface area contributed by atoms with Crippen LogP contribution in [-0.4, -0.2) is 42.1 Å². The molecule has 0 unspecified atom stereocenters. The Morgan fingerprint density at radius 3 is 2.25 bits per heavy atom. The third kappa shape index (κ3) is 2.10. The predicted octanol–water partition coefficient (Wildman–Crippen LogP) is 1.36. The molecule has 1 aromatic rings. The standard InChI is InChI=1S/C13H14FNO4S/c14-13(10-3-1-9(2-4-10)12(16)17)7-15(8-13)20(18,19)11-5-6-11/h1-4,11H,5-8H2,(H,16,17). The predicted molar refractivity (Wildman–Crippen MR) is 69.7 cm³/mol. The Morgan fingerprint density at radius 1 is 1.25 bits per heavy atom. The van der Waals surface area contributed by atoms with Gasteiger partial charge in [0.1, 0.15) is 0 Å². The molecule has 2 aliphatic rings. The van der Waals surface area contributed by atoms with Crippen LogP contribution >= 0.6 is 0 Å². The molecule has 3 rings (SSSR count). The third-order valence-electron chi connectivity index (χ3n) is 3.81. The maximum atomic E-state index is 14.6. The highest BCUT2D eigenvalue weighted by Crippen LogP contribution is 2.42. The number of alkyl halides is 1. The van der Waals surface area contributed by atoms with Crippen molar-refractivity contribution >= 4 is 16.0 Å². The number of rotatable bonds is 4. The highest BCUT2D eigenvalue weighted by molar-refractivity contribution is 7.90. The fourth-order valence-electron chi connectivity index (χ4n) is 2.36. The number of halogens is 1. The minimum Gasteiger partial charge on any atom is -0.478 e. The van der Waals surface area contributed by atoms with E-state index in [0.717, 1.165) is 0 Å². The molecule has 108 valence electrons. The summed E-state index contributed by atoms with van der Waals surface area (Å²) < 4.78 is 39.6. The van der Waals surface area contributed by atoms with Gasteiger partial charge in [-0.15, -0.1) is 0 Å². The van der Waals surface area contributed by atoms with Crippen LogP contribution in [0.15, 0.2) is 24.3 Å². The molecule has 1 heterocycles. The van der Waals surface area contributed by atoms with Gasteiger partial charge in [0.25, 0.3) is 0 Å². The largest absolute Gasteiger partial charge is 0.478 e. The van der Waals surface area contributed by atoms with E-state index in [0.29, 0.717) is 18.4 Å². The van der Waals surface area contributed by atoms with E-state index in [4.69, 9.17) is 5.11 Å². The lowest BCUT2D eigenvalue weighted by molar-refractivity contribution is 0.0178. The fourth-order valence-corrected chi connectivity index (χ4v) is 4.29. The summed E-state index contributed by atoms with van der Waals surface area (Å²) in [7, 11) is -3.33. The van der Waals surface area contributed by atoms with E-state index in [2.05, 4.69) is 0 Å². The number of sulfonamides is 1. The van der Waals surface area contributed by atoms with Crippen molar-refractivity contribution in [1.82, 2.24) is 4.31 Å². The minimum absolute atomic E-state index is 0.0825. The van der Waals surface area contributed by atoms with Crippen molar-refractivity contribution in [3.63, 3.8) is 0 Å². The van der Waals surface area contributed by atoms with Gasteiger partial charge in [-0.05, 0) is 30.5 Å². The van der Waals surface area contributed by atoms with Gasteiger partial charge in [-0.3, -0.25) is 0 Å². The molecule has 0 radical (unpaired) electrons. The summed E-state index contributed by atoms with van der Waals surface area (Å²) >= 11 is 0. The van der Waals surface area contributed by atoms with Crippen molar-refractivity contribution < 1.29 is 22.7 Å². The van der Waals surface area contributed by atoms with Crippen molar-refractivity contribution in [3.05, 3.63) is 35.4 Å². The molecule has 20 heavy (non-hydrogen) atoms. The number of hydrogen-bond donors (Lipinski definition) is 1. The van der Waals surface area contributed by atoms with E-state index in [1.54, 1.807) is 0 Å². The molecule has 0 aromatic heterocycles. The molecular formula is C13H14FNO4S. The highest BCUT2D eigenvalue weighted by atomic mass is 32.2. The van der Waals surface area contributed by atoms with Crippen molar-refractivity contribution in [2.24, 2.45) is 0 Å². The summed E-state index contributed by atoms with van der Waals surface area (Å²) in [6.07, 6.45) is 1.32. The van der Waals surface area contributed by atoms with Gasteiger partial charge in [0.15, 0.2) is 5.67 Å². The maximum absolute atomic E-state index is 14.6. The summed E-state index contributed by atoms with van der Waals surface area (Å²) in [5.74, 6) is -1.07. The van der Waals surface area contributed by atoms with Gasteiger partial charge in [0.05, 0.1) is 23.9 Å². The average molecular weight is 299 g/mol. The van der Waals surface area contributed by atoms with E-state index >= 15 is 0 Å². The van der Waals surface area contributed by atoms with Crippen LogP contribution in [0.5, 0.6) is 0 Å². The zero-order valence-corrected chi connectivity index (χ0v) is 11.4. The monoisotopic (exact) mass is 299 g/mol. The van der Waals surface area contributed by atoms with Gasteiger partial charge < -0.3 is 5.11 Å². The van der Waals surface area contributed by atoms with E-state index < -0.39 is 21.7 Å². The molecule has 1 N–H and O–H groups in total. The number of aromatic carboxylic acids is 1. The van der Waals surface area contributed by atoms with Crippen molar-refractivity contribution in [3.8, 4) is 0 Å². The van der Waals surface area contributed by atoms with E-state index in [9.17, 15) is 17.6 Å². The minimum atomic E-state index is -3.33. The zero-order chi connectivity index (χ0) is 14.5. The number of carboxylic acid groups (broad SMARTS) is 1. The lowest BCUT2D eigenvalue weighted by Crippen LogP contribution is -2.59. The molecule has 1 saturated carbocycles. The molecule has 1 aliphatic carbocycles. The number of carboxylic acids is 1. The van der Waals surface area contributed by atoms with Crippen LogP contribution in [0.3, 0.4) is 0 Å². The summed E-state index contributed by atoms with van der Waals surface area (Å²) in [5.41, 5.74) is -1.30. The molecule has 1 saturated heterocycles. The maximum Gasteiger partial charge on any atom is 0.335 e. The first-order valence-corrected chi connectivity index (χ1v) is 7.85. The second-order valence-corrected chi connectivity index (χ2v) is 7.57. The summed E-state index contributed by atoms with van der Waals surface area (Å²) in [5, 5.41) is 8.45. The number of carbonyl (C=O) groups is 1. The Kier molecular flexibility index (Phi) is 2.88. The van der Waals surface area contributed by atoms with E-state index in [-0.39, 0.29) is 23.9 Å². The zero-order valence-electron chi connectivity index (χ0n) is 10.6.